The number of nitrogens with zero attached hydrogens (tertiary/aromatic N) is 4. The molecule has 1 N–H and O–H groups in total. The molecule has 0 spiro atoms. The average molecular weight is 353 g/mol. The molecular weight excluding hydrogens is 334 g/mol. The fourth-order valence-corrected chi connectivity index (χ4v) is 4.16. The molecule has 0 radical (unpaired) electrons. The molecule has 2 aromatic heterocycles. The van der Waals surface area contributed by atoms with Crippen molar-refractivity contribution in [3.8, 4) is 0 Å². The van der Waals surface area contributed by atoms with Crippen LogP contribution in [-0.2, 0) is 0 Å². The highest BCUT2D eigenvalue weighted by Gasteiger charge is 2.23. The molecule has 1 aliphatic heterocycles. The zero-order valence-corrected chi connectivity index (χ0v) is 14.8. The fourth-order valence-electron chi connectivity index (χ4n) is 3.05. The molecule has 25 heavy (non-hydrogen) atoms. The number of piperidine rings is 1. The van der Waals surface area contributed by atoms with Gasteiger partial charge in [-0.15, -0.1) is 0 Å². The molecule has 0 unspecified atom stereocenters. The highest BCUT2D eigenvalue weighted by atomic mass is 32.1. The molecule has 4 rings (SSSR count). The van der Waals surface area contributed by atoms with E-state index in [1.54, 1.807) is 17.5 Å². The number of nitrogens with one attached hydrogen (secondary N) is 1. The molecule has 7 heteroatoms. The van der Waals surface area contributed by atoms with E-state index < -0.39 is 0 Å². The third kappa shape index (κ3) is 3.46. The summed E-state index contributed by atoms with van der Waals surface area (Å²) in [4.78, 5) is 27.2. The second kappa shape index (κ2) is 6.76. The van der Waals surface area contributed by atoms with Crippen LogP contribution in [-0.4, -0.2) is 40.0 Å². The molecule has 1 amide bonds. The number of benzene rings is 1. The highest BCUT2D eigenvalue weighted by Crippen LogP contribution is 2.31. The number of rotatable bonds is 3. The van der Waals surface area contributed by atoms with Gasteiger partial charge in [-0.1, -0.05) is 17.4 Å². The van der Waals surface area contributed by atoms with Crippen molar-refractivity contribution in [2.24, 2.45) is 0 Å². The minimum atomic E-state index is -0.151. The van der Waals surface area contributed by atoms with Crippen molar-refractivity contribution in [1.82, 2.24) is 20.3 Å². The summed E-state index contributed by atoms with van der Waals surface area (Å²) in [5, 5.41) is 4.12. The Morgan fingerprint density at radius 2 is 2.12 bits per heavy atom. The van der Waals surface area contributed by atoms with E-state index in [-0.39, 0.29) is 11.9 Å². The first kappa shape index (κ1) is 16.0. The highest BCUT2D eigenvalue weighted by molar-refractivity contribution is 7.22. The van der Waals surface area contributed by atoms with Crippen molar-refractivity contribution < 1.29 is 4.79 Å². The molecule has 6 nitrogen and oxygen atoms in total. The van der Waals surface area contributed by atoms with Gasteiger partial charge in [-0.05, 0) is 37.5 Å². The summed E-state index contributed by atoms with van der Waals surface area (Å²) in [7, 11) is 0. The summed E-state index contributed by atoms with van der Waals surface area (Å²) in [6, 6.07) is 6.53. The Morgan fingerprint density at radius 1 is 1.28 bits per heavy atom. The molecule has 3 aromatic rings. The van der Waals surface area contributed by atoms with Crippen LogP contribution in [0.5, 0.6) is 0 Å². The predicted octanol–water partition coefficient (Wildman–Crippen LogP) is 2.79. The van der Waals surface area contributed by atoms with E-state index in [0.717, 1.165) is 36.6 Å². The van der Waals surface area contributed by atoms with Gasteiger partial charge >= 0.3 is 0 Å². The SMILES string of the molecule is Cc1ccc2nc(N3CCC(NC(=O)c4cnccn4)CC3)sc2c1. The van der Waals surface area contributed by atoms with Crippen LogP contribution in [0.15, 0.2) is 36.8 Å². The number of anilines is 1. The number of aromatic nitrogens is 3. The van der Waals surface area contributed by atoms with Crippen LogP contribution in [0.25, 0.3) is 10.2 Å². The van der Waals surface area contributed by atoms with Gasteiger partial charge in [0.25, 0.3) is 5.91 Å². The van der Waals surface area contributed by atoms with Gasteiger partial charge in [0.1, 0.15) is 5.69 Å². The number of amides is 1. The molecule has 1 aliphatic rings. The molecule has 1 saturated heterocycles. The molecule has 1 fully saturated rings. The van der Waals surface area contributed by atoms with E-state index in [9.17, 15) is 4.79 Å². The second-order valence-electron chi connectivity index (χ2n) is 6.29. The van der Waals surface area contributed by atoms with Gasteiger partial charge < -0.3 is 10.2 Å². The molecule has 3 heterocycles. The standard InChI is InChI=1S/C18H19N5OS/c1-12-2-3-14-16(10-12)25-18(22-14)23-8-4-13(5-9-23)21-17(24)15-11-19-6-7-20-15/h2-3,6-7,10-11,13H,4-5,8-9H2,1H3,(H,21,24). The molecule has 0 aliphatic carbocycles. The Hall–Kier alpha value is -2.54. The molecule has 0 bridgehead atoms. The van der Waals surface area contributed by atoms with Crippen LogP contribution in [0.4, 0.5) is 5.13 Å². The molecule has 0 saturated carbocycles. The topological polar surface area (TPSA) is 71.0 Å². The van der Waals surface area contributed by atoms with Crippen molar-refractivity contribution in [2.45, 2.75) is 25.8 Å². The lowest BCUT2D eigenvalue weighted by atomic mass is 10.1. The maximum Gasteiger partial charge on any atom is 0.271 e. The van der Waals surface area contributed by atoms with Crippen molar-refractivity contribution in [3.05, 3.63) is 48.0 Å². The predicted molar refractivity (Wildman–Crippen MR) is 99.1 cm³/mol. The minimum Gasteiger partial charge on any atom is -0.348 e. The van der Waals surface area contributed by atoms with Gasteiger partial charge in [-0.2, -0.15) is 0 Å². The van der Waals surface area contributed by atoms with Crippen molar-refractivity contribution in [1.29, 1.82) is 0 Å². The van der Waals surface area contributed by atoms with Crippen LogP contribution in [0.1, 0.15) is 28.9 Å². The van der Waals surface area contributed by atoms with Gasteiger partial charge in [0.15, 0.2) is 5.13 Å². The van der Waals surface area contributed by atoms with E-state index in [0.29, 0.717) is 5.69 Å². The number of fused-ring (bicyclic) bond motifs is 1. The fraction of sp³-hybridized carbons (Fsp3) is 0.333. The minimum absolute atomic E-state index is 0.151. The number of carbonyl (C=O) groups is 1. The van der Waals surface area contributed by atoms with Crippen molar-refractivity contribution in [3.63, 3.8) is 0 Å². The Bertz CT molecular complexity index is 887. The van der Waals surface area contributed by atoms with Gasteiger partial charge in [0.2, 0.25) is 0 Å². The van der Waals surface area contributed by atoms with Crippen LogP contribution in [0, 0.1) is 6.92 Å². The average Bonchev–Trinajstić information content (AvgIpc) is 3.06. The van der Waals surface area contributed by atoms with E-state index in [2.05, 4.69) is 45.3 Å². The summed E-state index contributed by atoms with van der Waals surface area (Å²) in [6.07, 6.45) is 6.40. The lowest BCUT2D eigenvalue weighted by Crippen LogP contribution is -2.44. The van der Waals surface area contributed by atoms with Gasteiger partial charge in [0.05, 0.1) is 16.4 Å². The maximum absolute atomic E-state index is 12.2. The van der Waals surface area contributed by atoms with Crippen LogP contribution in [0.2, 0.25) is 0 Å². The van der Waals surface area contributed by atoms with E-state index >= 15 is 0 Å². The Kier molecular flexibility index (Phi) is 4.31. The quantitative estimate of drug-likeness (QED) is 0.784. The number of hydrogen-bond acceptors (Lipinski definition) is 6. The Balaban J connectivity index is 1.38. The maximum atomic E-state index is 12.2. The number of carbonyl (C=O) groups excluding carboxylic acids is 1. The van der Waals surface area contributed by atoms with Gasteiger partial charge in [0, 0.05) is 31.5 Å². The lowest BCUT2D eigenvalue weighted by molar-refractivity contribution is 0.0925. The first-order chi connectivity index (χ1) is 12.2. The number of aryl methyl sites for hydroxylation is 1. The zero-order chi connectivity index (χ0) is 17.2. The summed E-state index contributed by atoms with van der Waals surface area (Å²) >= 11 is 1.74. The van der Waals surface area contributed by atoms with E-state index in [1.165, 1.54) is 22.7 Å². The smallest absolute Gasteiger partial charge is 0.271 e. The lowest BCUT2D eigenvalue weighted by Gasteiger charge is -2.32. The monoisotopic (exact) mass is 353 g/mol. The van der Waals surface area contributed by atoms with Crippen molar-refractivity contribution >= 4 is 32.6 Å². The van der Waals surface area contributed by atoms with Crippen LogP contribution >= 0.6 is 11.3 Å². The number of thiazole rings is 1. The first-order valence-electron chi connectivity index (χ1n) is 8.38. The van der Waals surface area contributed by atoms with E-state index in [4.69, 9.17) is 4.98 Å². The molecule has 0 atom stereocenters. The second-order valence-corrected chi connectivity index (χ2v) is 7.30. The van der Waals surface area contributed by atoms with Crippen LogP contribution in [0.3, 0.4) is 0 Å². The summed E-state index contributed by atoms with van der Waals surface area (Å²) < 4.78 is 1.23. The van der Waals surface area contributed by atoms with Gasteiger partial charge in [-0.25, -0.2) is 9.97 Å². The normalized spacial score (nSPS) is 15.5. The first-order valence-corrected chi connectivity index (χ1v) is 9.20. The molecule has 128 valence electrons. The molecule has 1 aromatic carbocycles. The largest absolute Gasteiger partial charge is 0.348 e. The third-order valence-corrected chi connectivity index (χ3v) is 5.51. The molecular formula is C18H19N5OS. The summed E-state index contributed by atoms with van der Waals surface area (Å²) in [5.74, 6) is -0.151. The van der Waals surface area contributed by atoms with Gasteiger partial charge in [-0.3, -0.25) is 9.78 Å². The van der Waals surface area contributed by atoms with E-state index in [1.807, 2.05) is 0 Å². The van der Waals surface area contributed by atoms with Crippen LogP contribution < -0.4 is 10.2 Å². The summed E-state index contributed by atoms with van der Waals surface area (Å²) in [5.41, 5.74) is 2.68. The number of hydrogen-bond donors (Lipinski definition) is 1. The third-order valence-electron chi connectivity index (χ3n) is 4.43. The Labute approximate surface area is 149 Å². The van der Waals surface area contributed by atoms with Crippen molar-refractivity contribution in [2.75, 3.05) is 18.0 Å². The zero-order valence-electron chi connectivity index (χ0n) is 14.0. The Morgan fingerprint density at radius 3 is 2.88 bits per heavy atom. The summed E-state index contributed by atoms with van der Waals surface area (Å²) in [6.45, 7) is 3.89.